The van der Waals surface area contributed by atoms with Crippen LogP contribution in [0.1, 0.15) is 0 Å². The molecule has 0 aromatic heterocycles. The third kappa shape index (κ3) is 2.93. The largest absolute Gasteiger partial charge is 0.388 e. The molecule has 0 spiro atoms. The van der Waals surface area contributed by atoms with Crippen LogP contribution in [0.25, 0.3) is 0 Å². The molecule has 66 valence electrons. The van der Waals surface area contributed by atoms with E-state index in [4.69, 9.17) is 49.4 Å². The molecule has 1 fully saturated rings. The quantitative estimate of drug-likeness (QED) is 0.623. The first-order valence-corrected chi connectivity index (χ1v) is 4.11. The van der Waals surface area contributed by atoms with Crippen molar-refractivity contribution in [1.29, 1.82) is 0 Å². The molecule has 3 nitrogen and oxygen atoms in total. The zero-order chi connectivity index (χ0) is 8.48. The summed E-state index contributed by atoms with van der Waals surface area (Å²) in [5.74, 6) is 0. The molecule has 1 aliphatic heterocycles. The van der Waals surface area contributed by atoms with Gasteiger partial charge in [0.25, 0.3) is 0 Å². The predicted molar refractivity (Wildman–Crippen MR) is 42.0 cm³/mol. The minimum Gasteiger partial charge on any atom is -0.388 e. The smallest absolute Gasteiger partial charge is 0.240 e. The van der Waals surface area contributed by atoms with Gasteiger partial charge in [-0.3, -0.25) is 0 Å². The average Bonchev–Trinajstić information content (AvgIpc) is 1.86. The molecule has 11 heavy (non-hydrogen) atoms. The number of rotatable bonds is 0. The monoisotopic (exact) mass is 220 g/mol. The van der Waals surface area contributed by atoms with E-state index < -0.39 is 16.2 Å². The number of aliphatic hydroxyl groups excluding tert-OH is 1. The Morgan fingerprint density at radius 1 is 1.18 bits per heavy atom. The minimum absolute atomic E-state index is 0.137. The summed E-state index contributed by atoms with van der Waals surface area (Å²) in [4.78, 5) is 0. The zero-order valence-corrected chi connectivity index (χ0v) is 7.73. The van der Waals surface area contributed by atoms with E-state index in [9.17, 15) is 0 Å². The van der Waals surface area contributed by atoms with Crippen molar-refractivity contribution in [2.24, 2.45) is 0 Å². The van der Waals surface area contributed by atoms with Gasteiger partial charge in [0, 0.05) is 0 Å². The van der Waals surface area contributed by atoms with Crippen LogP contribution in [-0.4, -0.2) is 34.5 Å². The SMILES string of the molecule is OC1COC(C(Cl)(Cl)Cl)OC1. The highest BCUT2D eigenvalue weighted by Gasteiger charge is 2.37. The second-order valence-corrected chi connectivity index (χ2v) is 4.56. The number of alkyl halides is 3. The van der Waals surface area contributed by atoms with Crippen molar-refractivity contribution >= 4 is 34.8 Å². The fourth-order valence-electron chi connectivity index (χ4n) is 0.682. The van der Waals surface area contributed by atoms with Crippen LogP contribution in [0.15, 0.2) is 0 Å². The van der Waals surface area contributed by atoms with Gasteiger partial charge in [-0.2, -0.15) is 0 Å². The second-order valence-electron chi connectivity index (χ2n) is 2.19. The van der Waals surface area contributed by atoms with Gasteiger partial charge in [0.15, 0.2) is 0 Å². The van der Waals surface area contributed by atoms with Gasteiger partial charge in [0.05, 0.1) is 13.2 Å². The molecule has 0 unspecified atom stereocenters. The standard InChI is InChI=1S/C5H7Cl3O3/c6-5(7,8)4-10-1-3(9)2-11-4/h3-4,9H,1-2H2. The molecule has 0 saturated carbocycles. The summed E-state index contributed by atoms with van der Waals surface area (Å²) >= 11 is 16.4. The van der Waals surface area contributed by atoms with E-state index in [0.717, 1.165) is 0 Å². The molecule has 1 saturated heterocycles. The van der Waals surface area contributed by atoms with Crippen molar-refractivity contribution in [3.8, 4) is 0 Å². The van der Waals surface area contributed by atoms with Crippen LogP contribution in [0.3, 0.4) is 0 Å². The van der Waals surface area contributed by atoms with Crippen molar-refractivity contribution in [2.45, 2.75) is 16.2 Å². The molecule has 1 rings (SSSR count). The summed E-state index contributed by atoms with van der Waals surface area (Å²) in [6.07, 6.45) is -1.51. The lowest BCUT2D eigenvalue weighted by atomic mass is 10.4. The highest BCUT2D eigenvalue weighted by Crippen LogP contribution is 2.34. The van der Waals surface area contributed by atoms with Crippen molar-refractivity contribution in [1.82, 2.24) is 0 Å². The molecule has 0 bridgehead atoms. The van der Waals surface area contributed by atoms with E-state index in [0.29, 0.717) is 0 Å². The van der Waals surface area contributed by atoms with Gasteiger partial charge in [-0.1, -0.05) is 34.8 Å². The molecule has 0 aliphatic carbocycles. The number of halogens is 3. The Hall–Kier alpha value is 0.750. The maximum atomic E-state index is 8.91. The van der Waals surface area contributed by atoms with E-state index in [1.54, 1.807) is 0 Å². The molecule has 1 N–H and O–H groups in total. The lowest BCUT2D eigenvalue weighted by Gasteiger charge is -2.30. The Morgan fingerprint density at radius 2 is 1.64 bits per heavy atom. The lowest BCUT2D eigenvalue weighted by Crippen LogP contribution is -2.42. The van der Waals surface area contributed by atoms with Gasteiger partial charge in [0.2, 0.25) is 10.1 Å². The van der Waals surface area contributed by atoms with Crippen LogP contribution < -0.4 is 0 Å². The molecule has 0 aromatic carbocycles. The van der Waals surface area contributed by atoms with Gasteiger partial charge < -0.3 is 14.6 Å². The third-order valence-corrected chi connectivity index (χ3v) is 1.68. The van der Waals surface area contributed by atoms with Crippen molar-refractivity contribution in [3.63, 3.8) is 0 Å². The summed E-state index contributed by atoms with van der Waals surface area (Å²) in [6, 6.07) is 0. The first-order chi connectivity index (χ1) is 5.00. The highest BCUT2D eigenvalue weighted by atomic mass is 35.6. The Labute approximate surface area is 79.1 Å². The molecular weight excluding hydrogens is 214 g/mol. The van der Waals surface area contributed by atoms with E-state index in [1.165, 1.54) is 0 Å². The second kappa shape index (κ2) is 3.64. The average molecular weight is 221 g/mol. The Kier molecular flexibility index (Phi) is 3.26. The number of ether oxygens (including phenoxy) is 2. The van der Waals surface area contributed by atoms with Crippen molar-refractivity contribution in [2.75, 3.05) is 13.2 Å². The highest BCUT2D eigenvalue weighted by molar-refractivity contribution is 6.67. The number of hydrogen-bond donors (Lipinski definition) is 1. The van der Waals surface area contributed by atoms with E-state index >= 15 is 0 Å². The van der Waals surface area contributed by atoms with E-state index in [1.807, 2.05) is 0 Å². The topological polar surface area (TPSA) is 38.7 Å². The fraction of sp³-hybridized carbons (Fsp3) is 1.00. The molecule has 6 heteroatoms. The fourth-order valence-corrected chi connectivity index (χ4v) is 1.06. The van der Waals surface area contributed by atoms with E-state index in [-0.39, 0.29) is 13.2 Å². The summed E-state index contributed by atoms with van der Waals surface area (Å²) in [6.45, 7) is 0.275. The summed E-state index contributed by atoms with van der Waals surface area (Å²) < 4.78 is 8.19. The molecular formula is C5H7Cl3O3. The van der Waals surface area contributed by atoms with E-state index in [2.05, 4.69) is 0 Å². The minimum atomic E-state index is -1.58. The molecule has 0 aromatic rings. The molecule has 1 heterocycles. The first-order valence-electron chi connectivity index (χ1n) is 2.98. The number of hydrogen-bond acceptors (Lipinski definition) is 3. The molecule has 0 radical (unpaired) electrons. The van der Waals surface area contributed by atoms with Crippen LogP contribution in [-0.2, 0) is 9.47 Å². The maximum absolute atomic E-state index is 8.91. The van der Waals surface area contributed by atoms with Crippen LogP contribution >= 0.6 is 34.8 Å². The Balaban J connectivity index is 2.39. The van der Waals surface area contributed by atoms with Gasteiger partial charge in [-0.25, -0.2) is 0 Å². The normalized spacial score (nSPS) is 33.8. The molecule has 0 atom stereocenters. The zero-order valence-electron chi connectivity index (χ0n) is 5.47. The third-order valence-electron chi connectivity index (χ3n) is 1.15. The Morgan fingerprint density at radius 3 is 2.00 bits per heavy atom. The van der Waals surface area contributed by atoms with Crippen LogP contribution in [0.4, 0.5) is 0 Å². The van der Waals surface area contributed by atoms with Gasteiger partial charge in [-0.15, -0.1) is 0 Å². The van der Waals surface area contributed by atoms with Crippen molar-refractivity contribution < 1.29 is 14.6 Å². The van der Waals surface area contributed by atoms with Gasteiger partial charge in [-0.05, 0) is 0 Å². The van der Waals surface area contributed by atoms with Crippen molar-refractivity contribution in [3.05, 3.63) is 0 Å². The number of aliphatic hydroxyl groups is 1. The summed E-state index contributed by atoms with van der Waals surface area (Å²) in [5, 5.41) is 8.91. The summed E-state index contributed by atoms with van der Waals surface area (Å²) in [5.41, 5.74) is 0. The van der Waals surface area contributed by atoms with Gasteiger partial charge in [0.1, 0.15) is 6.10 Å². The maximum Gasteiger partial charge on any atom is 0.240 e. The predicted octanol–water partition coefficient (Wildman–Crippen LogP) is 1.09. The summed E-state index contributed by atoms with van der Waals surface area (Å²) in [7, 11) is 0. The van der Waals surface area contributed by atoms with Crippen LogP contribution in [0.5, 0.6) is 0 Å². The molecule has 1 aliphatic rings. The molecule has 0 amide bonds. The lowest BCUT2D eigenvalue weighted by molar-refractivity contribution is -0.213. The van der Waals surface area contributed by atoms with Gasteiger partial charge >= 0.3 is 0 Å². The van der Waals surface area contributed by atoms with Crippen LogP contribution in [0, 0.1) is 0 Å². The first kappa shape index (κ1) is 9.84. The van der Waals surface area contributed by atoms with Crippen LogP contribution in [0.2, 0.25) is 0 Å². The Bertz CT molecular complexity index is 127.